The van der Waals surface area contributed by atoms with Crippen molar-refractivity contribution in [2.75, 3.05) is 13.1 Å². The molecule has 1 aliphatic rings. The monoisotopic (exact) mass is 292 g/mol. The summed E-state index contributed by atoms with van der Waals surface area (Å²) in [5.74, 6) is 3.29. The molecule has 1 aliphatic carbocycles. The van der Waals surface area contributed by atoms with Crippen LogP contribution in [0.15, 0.2) is 10.6 Å². The van der Waals surface area contributed by atoms with E-state index in [-0.39, 0.29) is 0 Å². The van der Waals surface area contributed by atoms with Gasteiger partial charge in [0.05, 0.1) is 6.20 Å². The van der Waals surface area contributed by atoms with Gasteiger partial charge in [-0.3, -0.25) is 0 Å². The summed E-state index contributed by atoms with van der Waals surface area (Å²) in [6, 6.07) is 0. The van der Waals surface area contributed by atoms with Crippen LogP contribution in [-0.2, 0) is 6.42 Å². The zero-order valence-electron chi connectivity index (χ0n) is 14.2. The number of nitrogens with zero attached hydrogens (tertiary/aromatic N) is 1. The topological polar surface area (TPSA) is 38.1 Å². The smallest absolute Gasteiger partial charge is 0.194 e. The molecular weight excluding hydrogens is 260 g/mol. The predicted molar refractivity (Wildman–Crippen MR) is 87.5 cm³/mol. The lowest BCUT2D eigenvalue weighted by Gasteiger charge is -2.37. The highest BCUT2D eigenvalue weighted by atomic mass is 16.4. The normalized spacial score (nSPS) is 21.9. The van der Waals surface area contributed by atoms with E-state index in [9.17, 15) is 0 Å². The SMILES string of the molecule is CC(C)CNCCCc1ncc(C2CCCCC2(C)C)o1. The molecule has 1 fully saturated rings. The Kier molecular flexibility index (Phi) is 5.86. The molecule has 0 aliphatic heterocycles. The van der Waals surface area contributed by atoms with Crippen molar-refractivity contribution in [3.63, 3.8) is 0 Å². The molecule has 1 atom stereocenters. The quantitative estimate of drug-likeness (QED) is 0.750. The van der Waals surface area contributed by atoms with E-state index in [0.29, 0.717) is 17.3 Å². The molecule has 2 rings (SSSR count). The minimum atomic E-state index is 0.355. The van der Waals surface area contributed by atoms with Gasteiger partial charge in [-0.1, -0.05) is 40.5 Å². The first-order valence-electron chi connectivity index (χ1n) is 8.64. The van der Waals surface area contributed by atoms with Crippen molar-refractivity contribution in [2.24, 2.45) is 11.3 Å². The average Bonchev–Trinajstić information content (AvgIpc) is 2.86. The highest BCUT2D eigenvalue weighted by molar-refractivity contribution is 5.08. The molecule has 0 saturated heterocycles. The molecule has 21 heavy (non-hydrogen) atoms. The van der Waals surface area contributed by atoms with E-state index >= 15 is 0 Å². The zero-order chi connectivity index (χ0) is 15.3. The molecule has 3 nitrogen and oxygen atoms in total. The Morgan fingerprint density at radius 2 is 2.19 bits per heavy atom. The van der Waals surface area contributed by atoms with Crippen LogP contribution in [0.4, 0.5) is 0 Å². The Hall–Kier alpha value is -0.830. The summed E-state index contributed by atoms with van der Waals surface area (Å²) >= 11 is 0. The lowest BCUT2D eigenvalue weighted by Crippen LogP contribution is -2.25. The second kappa shape index (κ2) is 7.44. The van der Waals surface area contributed by atoms with E-state index in [4.69, 9.17) is 4.42 Å². The van der Waals surface area contributed by atoms with Gasteiger partial charge >= 0.3 is 0 Å². The molecule has 0 amide bonds. The summed E-state index contributed by atoms with van der Waals surface area (Å²) in [5, 5.41) is 3.47. The van der Waals surface area contributed by atoms with Gasteiger partial charge in [0.15, 0.2) is 5.89 Å². The zero-order valence-corrected chi connectivity index (χ0v) is 14.2. The Balaban J connectivity index is 1.81. The van der Waals surface area contributed by atoms with Crippen molar-refractivity contribution < 1.29 is 4.42 Å². The molecule has 120 valence electrons. The third-order valence-electron chi connectivity index (χ3n) is 4.72. The number of aromatic nitrogens is 1. The van der Waals surface area contributed by atoms with Crippen LogP contribution in [0.25, 0.3) is 0 Å². The molecule has 1 saturated carbocycles. The van der Waals surface area contributed by atoms with Gasteiger partial charge in [-0.25, -0.2) is 4.98 Å². The highest BCUT2D eigenvalue weighted by Crippen LogP contribution is 2.46. The fourth-order valence-corrected chi connectivity index (χ4v) is 3.38. The van der Waals surface area contributed by atoms with E-state index in [2.05, 4.69) is 38.0 Å². The summed E-state index contributed by atoms with van der Waals surface area (Å²) in [6.07, 6.45) is 9.24. The summed E-state index contributed by atoms with van der Waals surface area (Å²) in [7, 11) is 0. The number of rotatable bonds is 7. The molecule has 0 spiro atoms. The Labute approximate surface area is 129 Å². The third-order valence-corrected chi connectivity index (χ3v) is 4.72. The molecule has 0 aromatic carbocycles. The van der Waals surface area contributed by atoms with Gasteiger partial charge < -0.3 is 9.73 Å². The number of hydrogen-bond donors (Lipinski definition) is 1. The first-order chi connectivity index (χ1) is 9.99. The Bertz CT molecular complexity index is 423. The predicted octanol–water partition coefficient (Wildman–Crippen LogP) is 4.54. The standard InChI is InChI=1S/C18H32N2O/c1-14(2)12-19-11-7-9-17-20-13-16(21-17)15-8-5-6-10-18(15,3)4/h13-15,19H,5-12H2,1-4H3. The molecule has 3 heteroatoms. The minimum absolute atomic E-state index is 0.355. The fourth-order valence-electron chi connectivity index (χ4n) is 3.38. The number of hydrogen-bond acceptors (Lipinski definition) is 3. The Morgan fingerprint density at radius 3 is 2.90 bits per heavy atom. The Morgan fingerprint density at radius 1 is 1.38 bits per heavy atom. The minimum Gasteiger partial charge on any atom is -0.445 e. The molecule has 1 N–H and O–H groups in total. The maximum absolute atomic E-state index is 6.05. The van der Waals surface area contributed by atoms with Gasteiger partial charge in [0.25, 0.3) is 0 Å². The van der Waals surface area contributed by atoms with Crippen LogP contribution in [0.1, 0.15) is 77.4 Å². The van der Waals surface area contributed by atoms with Crippen LogP contribution in [0.5, 0.6) is 0 Å². The van der Waals surface area contributed by atoms with Crippen LogP contribution < -0.4 is 5.32 Å². The van der Waals surface area contributed by atoms with E-state index in [1.165, 1.54) is 25.7 Å². The van der Waals surface area contributed by atoms with E-state index in [1.807, 2.05) is 6.20 Å². The van der Waals surface area contributed by atoms with Crippen molar-refractivity contribution >= 4 is 0 Å². The maximum atomic E-state index is 6.05. The van der Waals surface area contributed by atoms with Gasteiger partial charge in [-0.15, -0.1) is 0 Å². The van der Waals surface area contributed by atoms with Crippen molar-refractivity contribution in [1.82, 2.24) is 10.3 Å². The van der Waals surface area contributed by atoms with Crippen LogP contribution in [0.3, 0.4) is 0 Å². The van der Waals surface area contributed by atoms with Crippen LogP contribution >= 0.6 is 0 Å². The number of nitrogens with one attached hydrogen (secondary N) is 1. The number of oxazole rings is 1. The van der Waals surface area contributed by atoms with Crippen LogP contribution in [-0.4, -0.2) is 18.1 Å². The van der Waals surface area contributed by atoms with Crippen molar-refractivity contribution in [2.45, 2.75) is 72.1 Å². The van der Waals surface area contributed by atoms with Crippen molar-refractivity contribution in [1.29, 1.82) is 0 Å². The second-order valence-corrected chi connectivity index (χ2v) is 7.64. The molecule has 1 aromatic heterocycles. The van der Waals surface area contributed by atoms with E-state index in [0.717, 1.165) is 37.6 Å². The van der Waals surface area contributed by atoms with Gasteiger partial charge in [0, 0.05) is 12.3 Å². The van der Waals surface area contributed by atoms with E-state index < -0.39 is 0 Å². The molecule has 1 heterocycles. The summed E-state index contributed by atoms with van der Waals surface area (Å²) < 4.78 is 6.05. The fraction of sp³-hybridized carbons (Fsp3) is 0.833. The van der Waals surface area contributed by atoms with Crippen LogP contribution in [0.2, 0.25) is 0 Å². The average molecular weight is 292 g/mol. The lowest BCUT2D eigenvalue weighted by molar-refractivity contribution is 0.176. The van der Waals surface area contributed by atoms with Crippen molar-refractivity contribution in [3.8, 4) is 0 Å². The van der Waals surface area contributed by atoms with Gasteiger partial charge in [-0.05, 0) is 43.7 Å². The largest absolute Gasteiger partial charge is 0.445 e. The van der Waals surface area contributed by atoms with E-state index in [1.54, 1.807) is 0 Å². The molecule has 0 radical (unpaired) electrons. The van der Waals surface area contributed by atoms with Crippen LogP contribution in [0, 0.1) is 11.3 Å². The molecular formula is C18H32N2O. The van der Waals surface area contributed by atoms with Gasteiger partial charge in [0.2, 0.25) is 0 Å². The second-order valence-electron chi connectivity index (χ2n) is 7.64. The van der Waals surface area contributed by atoms with Crippen molar-refractivity contribution in [3.05, 3.63) is 17.8 Å². The number of aryl methyl sites for hydroxylation is 1. The first kappa shape index (κ1) is 16.5. The highest BCUT2D eigenvalue weighted by Gasteiger charge is 2.35. The lowest BCUT2D eigenvalue weighted by atomic mass is 9.68. The van der Waals surface area contributed by atoms with Gasteiger partial charge in [-0.2, -0.15) is 0 Å². The summed E-state index contributed by atoms with van der Waals surface area (Å²) in [4.78, 5) is 4.50. The molecule has 1 unspecified atom stereocenters. The summed E-state index contributed by atoms with van der Waals surface area (Å²) in [5.41, 5.74) is 0.355. The maximum Gasteiger partial charge on any atom is 0.194 e. The third kappa shape index (κ3) is 4.84. The molecule has 1 aromatic rings. The molecule has 0 bridgehead atoms. The summed E-state index contributed by atoms with van der Waals surface area (Å²) in [6.45, 7) is 11.3. The van der Waals surface area contributed by atoms with Gasteiger partial charge in [0.1, 0.15) is 5.76 Å². The first-order valence-corrected chi connectivity index (χ1v) is 8.64.